The first-order valence-corrected chi connectivity index (χ1v) is 11.6. The Morgan fingerprint density at radius 1 is 1.08 bits per heavy atom. The number of nitrogens with one attached hydrogen (secondary N) is 2. The largest absolute Gasteiger partial charge is 0.352 e. The average molecular weight is 377 g/mol. The number of anilines is 1. The molecule has 0 spiro atoms. The Hall–Kier alpha value is -1.56. The van der Waals surface area contributed by atoms with Gasteiger partial charge >= 0.3 is 0 Å². The molecular weight excluding hydrogens is 348 g/mol. The monoisotopic (exact) mass is 376 g/mol. The van der Waals surface area contributed by atoms with Crippen LogP contribution in [0.3, 0.4) is 0 Å². The molecule has 4 bridgehead atoms. The van der Waals surface area contributed by atoms with Crippen molar-refractivity contribution in [1.29, 1.82) is 0 Å². The second kappa shape index (κ2) is 6.55. The molecule has 142 valence electrons. The molecule has 5 nitrogen and oxygen atoms in total. The van der Waals surface area contributed by atoms with E-state index in [0.717, 1.165) is 30.4 Å². The highest BCUT2D eigenvalue weighted by Gasteiger charge is 2.50. The summed E-state index contributed by atoms with van der Waals surface area (Å²) in [5.74, 6) is 2.53. The summed E-state index contributed by atoms with van der Waals surface area (Å²) in [7, 11) is -3.41. The number of rotatable bonds is 6. The highest BCUT2D eigenvalue weighted by atomic mass is 32.2. The molecule has 1 aromatic carbocycles. The van der Waals surface area contributed by atoms with Crippen LogP contribution in [0.25, 0.3) is 0 Å². The second-order valence-corrected chi connectivity index (χ2v) is 10.6. The summed E-state index contributed by atoms with van der Waals surface area (Å²) in [4.78, 5) is 12.6. The number of carbonyl (C=O) groups excluding carboxylic acids is 1. The van der Waals surface area contributed by atoms with Crippen molar-refractivity contribution in [1.82, 2.24) is 5.32 Å². The Bertz CT molecular complexity index is 768. The molecule has 1 aromatic rings. The van der Waals surface area contributed by atoms with Crippen molar-refractivity contribution in [3.8, 4) is 0 Å². The first kappa shape index (κ1) is 17.8. The minimum Gasteiger partial charge on any atom is -0.352 e. The van der Waals surface area contributed by atoms with Crippen LogP contribution < -0.4 is 10.0 Å². The first-order chi connectivity index (χ1) is 12.3. The summed E-state index contributed by atoms with van der Waals surface area (Å²) < 4.78 is 25.4. The van der Waals surface area contributed by atoms with Crippen molar-refractivity contribution >= 4 is 21.6 Å². The van der Waals surface area contributed by atoms with E-state index in [2.05, 4.69) is 10.0 Å². The van der Waals surface area contributed by atoms with Crippen LogP contribution in [0.1, 0.15) is 55.3 Å². The molecule has 0 aliphatic heterocycles. The average Bonchev–Trinajstić information content (AvgIpc) is 2.52. The summed E-state index contributed by atoms with van der Waals surface area (Å²) in [6, 6.07) is 6.75. The molecule has 4 aliphatic rings. The molecule has 4 saturated carbocycles. The molecule has 0 heterocycles. The maximum absolute atomic E-state index is 12.6. The molecule has 0 unspecified atom stereocenters. The van der Waals surface area contributed by atoms with Crippen LogP contribution in [0.2, 0.25) is 0 Å². The molecular formula is C20H28N2O3S. The van der Waals surface area contributed by atoms with E-state index in [1.54, 1.807) is 24.3 Å². The zero-order valence-electron chi connectivity index (χ0n) is 15.3. The SMILES string of the molecule is CS(=O)(=O)Nc1ccccc1C(=O)NCCC12CC3CC(CC(C3)C1)C2. The van der Waals surface area contributed by atoms with E-state index in [0.29, 0.717) is 23.2 Å². The summed E-state index contributed by atoms with van der Waals surface area (Å²) in [5.41, 5.74) is 1.15. The zero-order chi connectivity index (χ0) is 18.4. The van der Waals surface area contributed by atoms with Gasteiger partial charge in [-0.15, -0.1) is 0 Å². The number of amides is 1. The molecule has 0 saturated heterocycles. The van der Waals surface area contributed by atoms with Crippen LogP contribution in [0.15, 0.2) is 24.3 Å². The van der Waals surface area contributed by atoms with Gasteiger partial charge in [0.1, 0.15) is 0 Å². The molecule has 6 heteroatoms. The summed E-state index contributed by atoms with van der Waals surface area (Å²) in [6.45, 7) is 0.665. The molecule has 1 amide bonds. The minimum absolute atomic E-state index is 0.207. The lowest BCUT2D eigenvalue weighted by Crippen LogP contribution is -2.47. The van der Waals surface area contributed by atoms with E-state index in [-0.39, 0.29) is 5.91 Å². The predicted octanol–water partition coefficient (Wildman–Crippen LogP) is 3.39. The van der Waals surface area contributed by atoms with Crippen LogP contribution in [0, 0.1) is 23.2 Å². The van der Waals surface area contributed by atoms with Gasteiger partial charge in [0.25, 0.3) is 5.91 Å². The highest BCUT2D eigenvalue weighted by Crippen LogP contribution is 2.61. The summed E-state index contributed by atoms with van der Waals surface area (Å²) >= 11 is 0. The van der Waals surface area contributed by atoms with Crippen molar-refractivity contribution in [3.05, 3.63) is 29.8 Å². The Balaban J connectivity index is 1.38. The van der Waals surface area contributed by atoms with Crippen molar-refractivity contribution in [3.63, 3.8) is 0 Å². The van der Waals surface area contributed by atoms with Gasteiger partial charge in [0.05, 0.1) is 17.5 Å². The normalized spacial score (nSPS) is 32.4. The molecule has 4 fully saturated rings. The maximum atomic E-state index is 12.6. The van der Waals surface area contributed by atoms with E-state index in [4.69, 9.17) is 0 Å². The van der Waals surface area contributed by atoms with Crippen LogP contribution in [0.5, 0.6) is 0 Å². The van der Waals surface area contributed by atoms with Crippen LogP contribution in [0.4, 0.5) is 5.69 Å². The fourth-order valence-corrected chi connectivity index (χ4v) is 6.68. The van der Waals surface area contributed by atoms with Gasteiger partial charge in [0.2, 0.25) is 10.0 Å². The Kier molecular flexibility index (Phi) is 4.49. The molecule has 0 aromatic heterocycles. The van der Waals surface area contributed by atoms with Crippen molar-refractivity contribution in [2.24, 2.45) is 23.2 Å². The number of sulfonamides is 1. The lowest BCUT2D eigenvalue weighted by atomic mass is 9.49. The third kappa shape index (κ3) is 3.75. The van der Waals surface area contributed by atoms with Crippen molar-refractivity contribution in [2.75, 3.05) is 17.5 Å². The number of hydrogen-bond donors (Lipinski definition) is 2. The third-order valence-electron chi connectivity index (χ3n) is 6.57. The summed E-state index contributed by atoms with van der Waals surface area (Å²) in [5, 5.41) is 3.03. The highest BCUT2D eigenvalue weighted by molar-refractivity contribution is 7.92. The fourth-order valence-electron chi connectivity index (χ4n) is 6.10. The maximum Gasteiger partial charge on any atom is 0.253 e. The molecule has 0 atom stereocenters. The van der Waals surface area contributed by atoms with Crippen LogP contribution >= 0.6 is 0 Å². The van der Waals surface area contributed by atoms with E-state index < -0.39 is 10.0 Å². The zero-order valence-corrected chi connectivity index (χ0v) is 16.1. The Labute approximate surface area is 156 Å². The third-order valence-corrected chi connectivity index (χ3v) is 7.16. The minimum atomic E-state index is -3.41. The van der Waals surface area contributed by atoms with Crippen LogP contribution in [-0.2, 0) is 10.0 Å². The van der Waals surface area contributed by atoms with Gasteiger partial charge in [-0.1, -0.05) is 12.1 Å². The van der Waals surface area contributed by atoms with Gasteiger partial charge in [0.15, 0.2) is 0 Å². The second-order valence-electron chi connectivity index (χ2n) is 8.84. The van der Waals surface area contributed by atoms with Crippen molar-refractivity contribution in [2.45, 2.75) is 44.9 Å². The smallest absolute Gasteiger partial charge is 0.253 e. The van der Waals surface area contributed by atoms with Gasteiger partial charge in [0, 0.05) is 6.54 Å². The van der Waals surface area contributed by atoms with Gasteiger partial charge in [-0.25, -0.2) is 8.42 Å². The van der Waals surface area contributed by atoms with Gasteiger partial charge in [-0.3, -0.25) is 9.52 Å². The Morgan fingerprint density at radius 3 is 2.23 bits per heavy atom. The lowest BCUT2D eigenvalue weighted by molar-refractivity contribution is -0.0564. The lowest BCUT2D eigenvalue weighted by Gasteiger charge is -2.57. The molecule has 2 N–H and O–H groups in total. The number of para-hydroxylation sites is 1. The molecule has 26 heavy (non-hydrogen) atoms. The van der Waals surface area contributed by atoms with E-state index in [9.17, 15) is 13.2 Å². The number of benzene rings is 1. The van der Waals surface area contributed by atoms with Gasteiger partial charge in [-0.05, 0) is 80.2 Å². The predicted molar refractivity (Wildman–Crippen MR) is 102 cm³/mol. The number of carbonyl (C=O) groups is 1. The van der Waals surface area contributed by atoms with Gasteiger partial charge in [-0.2, -0.15) is 0 Å². The molecule has 5 rings (SSSR count). The molecule has 4 aliphatic carbocycles. The first-order valence-electron chi connectivity index (χ1n) is 9.67. The summed E-state index contributed by atoms with van der Waals surface area (Å²) in [6.07, 6.45) is 10.4. The fraction of sp³-hybridized carbons (Fsp3) is 0.650. The van der Waals surface area contributed by atoms with Crippen LogP contribution in [-0.4, -0.2) is 27.1 Å². The van der Waals surface area contributed by atoms with Crippen molar-refractivity contribution < 1.29 is 13.2 Å². The quantitative estimate of drug-likeness (QED) is 0.799. The van der Waals surface area contributed by atoms with E-state index in [1.807, 2.05) is 0 Å². The standard InChI is InChI=1S/C20H28N2O3S/c1-26(24,25)22-18-5-3-2-4-17(18)19(23)21-7-6-20-11-14-8-15(12-20)10-16(9-14)13-20/h2-5,14-16,22H,6-13H2,1H3,(H,21,23). The topological polar surface area (TPSA) is 75.3 Å². The Morgan fingerprint density at radius 2 is 1.65 bits per heavy atom. The van der Waals surface area contributed by atoms with Gasteiger partial charge < -0.3 is 5.32 Å². The van der Waals surface area contributed by atoms with E-state index in [1.165, 1.54) is 38.5 Å². The molecule has 0 radical (unpaired) electrons. The van der Waals surface area contributed by atoms with E-state index >= 15 is 0 Å². The number of hydrogen-bond acceptors (Lipinski definition) is 3.